The zero-order valence-electron chi connectivity index (χ0n) is 10.8. The van der Waals surface area contributed by atoms with Crippen LogP contribution in [-0.2, 0) is 9.59 Å². The van der Waals surface area contributed by atoms with Crippen molar-refractivity contribution in [2.75, 3.05) is 6.61 Å². The summed E-state index contributed by atoms with van der Waals surface area (Å²) in [5, 5.41) is 11.5. The summed E-state index contributed by atoms with van der Waals surface area (Å²) >= 11 is 0. The summed E-state index contributed by atoms with van der Waals surface area (Å²) in [6.07, 6.45) is 1.01. The fraction of sp³-hybridized carbons (Fsp3) is 0.429. The van der Waals surface area contributed by atoms with Gasteiger partial charge in [-0.15, -0.1) is 0 Å². The molecular formula is C14H17NO4. The molecule has 1 aromatic rings. The van der Waals surface area contributed by atoms with Gasteiger partial charge in [0.25, 0.3) is 5.91 Å². The molecule has 5 nitrogen and oxygen atoms in total. The summed E-state index contributed by atoms with van der Waals surface area (Å²) in [4.78, 5) is 22.2. The molecule has 0 aromatic heterocycles. The molecule has 1 fully saturated rings. The molecule has 0 heterocycles. The molecule has 1 saturated carbocycles. The van der Waals surface area contributed by atoms with Crippen LogP contribution in [0.1, 0.15) is 18.4 Å². The van der Waals surface area contributed by atoms with Gasteiger partial charge in [-0.25, -0.2) is 0 Å². The Morgan fingerprint density at radius 2 is 2.16 bits per heavy atom. The van der Waals surface area contributed by atoms with Crippen molar-refractivity contribution >= 4 is 11.9 Å². The van der Waals surface area contributed by atoms with Crippen molar-refractivity contribution in [1.82, 2.24) is 5.32 Å². The molecule has 19 heavy (non-hydrogen) atoms. The van der Waals surface area contributed by atoms with Gasteiger partial charge < -0.3 is 15.2 Å². The van der Waals surface area contributed by atoms with Gasteiger partial charge in [0.1, 0.15) is 5.75 Å². The maximum Gasteiger partial charge on any atom is 0.306 e. The van der Waals surface area contributed by atoms with Crippen LogP contribution < -0.4 is 10.1 Å². The lowest BCUT2D eigenvalue weighted by atomic mass is 9.80. The van der Waals surface area contributed by atoms with E-state index in [4.69, 9.17) is 9.84 Å². The first-order chi connectivity index (χ1) is 9.04. The molecule has 5 heteroatoms. The standard InChI is InChI=1S/C14H17NO4/c1-9-3-2-4-12(5-9)19-8-13(16)15-11-6-10(7-11)14(17)18/h2-5,10-11H,6-8H2,1H3,(H,15,16)(H,17,18). The maximum absolute atomic E-state index is 11.6. The topological polar surface area (TPSA) is 75.6 Å². The Bertz CT molecular complexity index is 480. The number of carboxylic acid groups (broad SMARTS) is 1. The Morgan fingerprint density at radius 3 is 2.79 bits per heavy atom. The summed E-state index contributed by atoms with van der Waals surface area (Å²) in [7, 11) is 0. The molecule has 0 unspecified atom stereocenters. The summed E-state index contributed by atoms with van der Waals surface area (Å²) < 4.78 is 5.36. The van der Waals surface area contributed by atoms with Crippen LogP contribution in [-0.4, -0.2) is 29.6 Å². The molecular weight excluding hydrogens is 246 g/mol. The van der Waals surface area contributed by atoms with E-state index in [0.29, 0.717) is 18.6 Å². The molecule has 0 aliphatic heterocycles. The fourth-order valence-corrected chi connectivity index (χ4v) is 2.06. The number of nitrogens with one attached hydrogen (secondary N) is 1. The molecule has 102 valence electrons. The van der Waals surface area contributed by atoms with Gasteiger partial charge in [0.15, 0.2) is 6.61 Å². The van der Waals surface area contributed by atoms with Gasteiger partial charge in [-0.05, 0) is 37.5 Å². The van der Waals surface area contributed by atoms with E-state index in [2.05, 4.69) is 5.32 Å². The monoisotopic (exact) mass is 263 g/mol. The van der Waals surface area contributed by atoms with Crippen LogP contribution in [0.2, 0.25) is 0 Å². The van der Waals surface area contributed by atoms with Gasteiger partial charge in [-0.3, -0.25) is 9.59 Å². The van der Waals surface area contributed by atoms with Crippen molar-refractivity contribution in [3.05, 3.63) is 29.8 Å². The number of hydrogen-bond acceptors (Lipinski definition) is 3. The molecule has 0 bridgehead atoms. The predicted octanol–water partition coefficient (Wildman–Crippen LogP) is 1.35. The van der Waals surface area contributed by atoms with E-state index < -0.39 is 5.97 Å². The third-order valence-corrected chi connectivity index (χ3v) is 3.21. The molecule has 0 saturated heterocycles. The number of carboxylic acids is 1. The zero-order valence-corrected chi connectivity index (χ0v) is 10.8. The molecule has 1 aliphatic carbocycles. The Balaban J connectivity index is 1.70. The molecule has 0 spiro atoms. The first-order valence-corrected chi connectivity index (χ1v) is 6.26. The van der Waals surface area contributed by atoms with Crippen LogP contribution in [0, 0.1) is 12.8 Å². The smallest absolute Gasteiger partial charge is 0.306 e. The van der Waals surface area contributed by atoms with E-state index in [9.17, 15) is 9.59 Å². The molecule has 1 amide bonds. The predicted molar refractivity (Wildman–Crippen MR) is 69.0 cm³/mol. The van der Waals surface area contributed by atoms with Crippen LogP contribution in [0.25, 0.3) is 0 Å². The van der Waals surface area contributed by atoms with E-state index in [0.717, 1.165) is 5.56 Å². The van der Waals surface area contributed by atoms with Crippen molar-refractivity contribution in [3.8, 4) is 5.75 Å². The fourth-order valence-electron chi connectivity index (χ4n) is 2.06. The number of carbonyl (C=O) groups is 2. The van der Waals surface area contributed by atoms with Crippen molar-refractivity contribution in [1.29, 1.82) is 0 Å². The Morgan fingerprint density at radius 1 is 1.42 bits per heavy atom. The number of aliphatic carboxylic acids is 1. The summed E-state index contributed by atoms with van der Waals surface area (Å²) in [6.45, 7) is 1.91. The van der Waals surface area contributed by atoms with E-state index in [1.807, 2.05) is 25.1 Å². The number of carbonyl (C=O) groups excluding carboxylic acids is 1. The molecule has 1 aliphatic rings. The summed E-state index contributed by atoms with van der Waals surface area (Å²) in [5.41, 5.74) is 1.07. The average Bonchev–Trinajstić information content (AvgIpc) is 2.30. The minimum atomic E-state index is -0.790. The number of amides is 1. The number of aryl methyl sites for hydroxylation is 1. The third kappa shape index (κ3) is 3.71. The van der Waals surface area contributed by atoms with Crippen molar-refractivity contribution in [3.63, 3.8) is 0 Å². The lowest BCUT2D eigenvalue weighted by Crippen LogP contribution is -2.48. The highest BCUT2D eigenvalue weighted by atomic mass is 16.5. The molecule has 2 N–H and O–H groups in total. The highest BCUT2D eigenvalue weighted by molar-refractivity contribution is 5.78. The lowest BCUT2D eigenvalue weighted by Gasteiger charge is -2.32. The first kappa shape index (κ1) is 13.4. The maximum atomic E-state index is 11.6. The van der Waals surface area contributed by atoms with Crippen LogP contribution in [0.3, 0.4) is 0 Å². The minimum Gasteiger partial charge on any atom is -0.484 e. The normalized spacial score (nSPS) is 21.3. The van der Waals surface area contributed by atoms with Crippen molar-refractivity contribution < 1.29 is 19.4 Å². The van der Waals surface area contributed by atoms with Crippen LogP contribution in [0.5, 0.6) is 5.75 Å². The Labute approximate surface area is 111 Å². The highest BCUT2D eigenvalue weighted by Crippen LogP contribution is 2.27. The van der Waals surface area contributed by atoms with Gasteiger partial charge >= 0.3 is 5.97 Å². The number of hydrogen-bond donors (Lipinski definition) is 2. The number of rotatable bonds is 5. The lowest BCUT2D eigenvalue weighted by molar-refractivity contribution is -0.146. The van der Waals surface area contributed by atoms with E-state index in [1.165, 1.54) is 0 Å². The van der Waals surface area contributed by atoms with Crippen molar-refractivity contribution in [2.45, 2.75) is 25.8 Å². The Hall–Kier alpha value is -2.04. The van der Waals surface area contributed by atoms with E-state index in [-0.39, 0.29) is 24.5 Å². The van der Waals surface area contributed by atoms with Crippen molar-refractivity contribution in [2.24, 2.45) is 5.92 Å². The molecule has 1 aromatic carbocycles. The average molecular weight is 263 g/mol. The first-order valence-electron chi connectivity index (χ1n) is 6.26. The van der Waals surface area contributed by atoms with Crippen LogP contribution >= 0.6 is 0 Å². The van der Waals surface area contributed by atoms with Gasteiger partial charge in [0.05, 0.1) is 5.92 Å². The second-order valence-corrected chi connectivity index (χ2v) is 4.88. The van der Waals surface area contributed by atoms with Gasteiger partial charge in [0.2, 0.25) is 0 Å². The quantitative estimate of drug-likeness (QED) is 0.841. The zero-order chi connectivity index (χ0) is 13.8. The van der Waals surface area contributed by atoms with E-state index >= 15 is 0 Å². The third-order valence-electron chi connectivity index (χ3n) is 3.21. The number of ether oxygens (including phenoxy) is 1. The number of benzene rings is 1. The Kier molecular flexibility index (Phi) is 4.04. The van der Waals surface area contributed by atoms with E-state index in [1.54, 1.807) is 6.07 Å². The minimum absolute atomic E-state index is 0.0327. The van der Waals surface area contributed by atoms with Crippen LogP contribution in [0.15, 0.2) is 24.3 Å². The second-order valence-electron chi connectivity index (χ2n) is 4.88. The van der Waals surface area contributed by atoms with Gasteiger partial charge in [-0.2, -0.15) is 0 Å². The molecule has 0 atom stereocenters. The van der Waals surface area contributed by atoms with Crippen LogP contribution in [0.4, 0.5) is 0 Å². The molecule has 2 rings (SSSR count). The second kappa shape index (κ2) is 5.73. The largest absolute Gasteiger partial charge is 0.484 e. The molecule has 0 radical (unpaired) electrons. The summed E-state index contributed by atoms with van der Waals surface area (Å²) in [6, 6.07) is 7.44. The highest BCUT2D eigenvalue weighted by Gasteiger charge is 2.35. The van der Waals surface area contributed by atoms with Gasteiger partial charge in [0, 0.05) is 6.04 Å². The SMILES string of the molecule is Cc1cccc(OCC(=O)NC2CC(C(=O)O)C2)c1. The summed E-state index contributed by atoms with van der Waals surface area (Å²) in [5.74, 6) is -0.660. The van der Waals surface area contributed by atoms with Gasteiger partial charge in [-0.1, -0.05) is 12.1 Å².